The van der Waals surface area contributed by atoms with Crippen LogP contribution in [0.2, 0.25) is 0 Å². The van der Waals surface area contributed by atoms with E-state index in [2.05, 4.69) is 15.3 Å². The molecule has 2 aromatic carbocycles. The second-order valence-corrected chi connectivity index (χ2v) is 7.61. The normalized spacial score (nSPS) is 11.0. The number of H-pyrrole nitrogens is 1. The van der Waals surface area contributed by atoms with Crippen LogP contribution in [0.1, 0.15) is 12.6 Å². The zero-order chi connectivity index (χ0) is 18.6. The van der Waals surface area contributed by atoms with Crippen molar-refractivity contribution in [2.24, 2.45) is 0 Å². The topological polar surface area (TPSA) is 60.0 Å². The molecule has 4 aromatic rings. The maximum Gasteiger partial charge on any atom is 0.166 e. The smallest absolute Gasteiger partial charge is 0.166 e. The summed E-state index contributed by atoms with van der Waals surface area (Å²) in [6.45, 7) is 2.57. The molecule has 2 heterocycles. The van der Waals surface area contributed by atoms with Gasteiger partial charge in [0.15, 0.2) is 16.7 Å². The minimum Gasteiger partial charge on any atom is -0.493 e. The summed E-state index contributed by atoms with van der Waals surface area (Å²) in [6.07, 6.45) is 0. The summed E-state index contributed by atoms with van der Waals surface area (Å²) in [5.74, 6) is 2.24. The van der Waals surface area contributed by atoms with E-state index in [1.165, 1.54) is 0 Å². The van der Waals surface area contributed by atoms with Gasteiger partial charge in [-0.15, -0.1) is 11.3 Å². The number of imidazole rings is 1. The first kappa shape index (κ1) is 17.9. The van der Waals surface area contributed by atoms with Crippen molar-refractivity contribution in [2.45, 2.75) is 17.8 Å². The van der Waals surface area contributed by atoms with Crippen LogP contribution in [0.25, 0.3) is 21.6 Å². The Kier molecular flexibility index (Phi) is 5.31. The van der Waals surface area contributed by atoms with Crippen LogP contribution in [0, 0.1) is 0 Å². The summed E-state index contributed by atoms with van der Waals surface area (Å²) in [7, 11) is 1.65. The Balaban J connectivity index is 1.48. The van der Waals surface area contributed by atoms with E-state index >= 15 is 0 Å². The van der Waals surface area contributed by atoms with Crippen LogP contribution in [0.5, 0.6) is 11.5 Å². The minimum absolute atomic E-state index is 0.607. The fourth-order valence-electron chi connectivity index (χ4n) is 2.72. The van der Waals surface area contributed by atoms with Gasteiger partial charge in [0.1, 0.15) is 5.01 Å². The fraction of sp³-hybridized carbons (Fsp3) is 0.200. The third kappa shape index (κ3) is 3.94. The summed E-state index contributed by atoms with van der Waals surface area (Å²) in [5.41, 5.74) is 4.11. The molecule has 0 saturated carbocycles. The third-order valence-corrected chi connectivity index (χ3v) is 5.83. The maximum absolute atomic E-state index is 5.58. The number of para-hydroxylation sites is 2. The number of hydrogen-bond acceptors (Lipinski definition) is 6. The Morgan fingerprint density at radius 3 is 2.81 bits per heavy atom. The molecule has 7 heteroatoms. The summed E-state index contributed by atoms with van der Waals surface area (Å²) < 4.78 is 11.0. The molecule has 0 aliphatic heterocycles. The molecule has 5 nitrogen and oxygen atoms in total. The van der Waals surface area contributed by atoms with E-state index in [9.17, 15) is 0 Å². The second kappa shape index (κ2) is 8.02. The lowest BCUT2D eigenvalue weighted by Crippen LogP contribution is -1.95. The van der Waals surface area contributed by atoms with E-state index in [1.807, 2.05) is 49.4 Å². The van der Waals surface area contributed by atoms with Crippen molar-refractivity contribution in [1.82, 2.24) is 15.0 Å². The van der Waals surface area contributed by atoms with Crippen LogP contribution in [-0.4, -0.2) is 28.7 Å². The van der Waals surface area contributed by atoms with Crippen molar-refractivity contribution in [1.29, 1.82) is 0 Å². The SMILES string of the molecule is CCOc1ccc(-c2nc(CSc3nc4ccccc4[nH]3)cs2)cc1OC. The second-order valence-electron chi connectivity index (χ2n) is 5.79. The molecule has 4 rings (SSSR count). The lowest BCUT2D eigenvalue weighted by atomic mass is 10.2. The zero-order valence-corrected chi connectivity index (χ0v) is 16.7. The van der Waals surface area contributed by atoms with Crippen molar-refractivity contribution in [3.8, 4) is 22.1 Å². The van der Waals surface area contributed by atoms with E-state index in [1.54, 1.807) is 30.2 Å². The van der Waals surface area contributed by atoms with Crippen LogP contribution in [0.3, 0.4) is 0 Å². The molecule has 0 aliphatic rings. The number of benzene rings is 2. The highest BCUT2D eigenvalue weighted by Crippen LogP contribution is 2.34. The third-order valence-electron chi connectivity index (χ3n) is 3.99. The number of aromatic amines is 1. The van der Waals surface area contributed by atoms with E-state index in [-0.39, 0.29) is 0 Å². The Bertz CT molecular complexity index is 1030. The maximum atomic E-state index is 5.58. The molecular formula is C20H19N3O2S2. The van der Waals surface area contributed by atoms with E-state index in [0.717, 1.165) is 49.7 Å². The molecule has 1 N–H and O–H groups in total. The first-order valence-corrected chi connectivity index (χ1v) is 10.5. The number of thioether (sulfide) groups is 1. The molecule has 0 unspecified atom stereocenters. The molecule has 0 fully saturated rings. The lowest BCUT2D eigenvalue weighted by Gasteiger charge is -2.09. The number of thiazole rings is 1. The van der Waals surface area contributed by atoms with Crippen LogP contribution >= 0.6 is 23.1 Å². The standard InChI is InChI=1S/C20H19N3O2S2/c1-3-25-17-9-8-13(10-18(17)24-2)19-21-14(11-26-19)12-27-20-22-15-6-4-5-7-16(15)23-20/h4-11H,3,12H2,1-2H3,(H,22,23). The number of methoxy groups -OCH3 is 1. The largest absolute Gasteiger partial charge is 0.493 e. The molecule has 27 heavy (non-hydrogen) atoms. The number of ether oxygens (including phenoxy) is 2. The average Bonchev–Trinajstić information content (AvgIpc) is 3.33. The van der Waals surface area contributed by atoms with Crippen LogP contribution in [-0.2, 0) is 5.75 Å². The number of aromatic nitrogens is 3. The first-order valence-electron chi connectivity index (χ1n) is 8.60. The molecule has 0 bridgehead atoms. The van der Waals surface area contributed by atoms with Gasteiger partial charge >= 0.3 is 0 Å². The van der Waals surface area contributed by atoms with Crippen LogP contribution < -0.4 is 9.47 Å². The van der Waals surface area contributed by atoms with Gasteiger partial charge in [-0.1, -0.05) is 23.9 Å². The zero-order valence-electron chi connectivity index (χ0n) is 15.1. The molecule has 0 amide bonds. The van der Waals surface area contributed by atoms with Gasteiger partial charge in [0.05, 0.1) is 30.4 Å². The number of rotatable bonds is 7. The molecule has 0 aliphatic carbocycles. The van der Waals surface area contributed by atoms with Gasteiger partial charge < -0.3 is 14.5 Å². The van der Waals surface area contributed by atoms with Gasteiger partial charge in [-0.3, -0.25) is 0 Å². The van der Waals surface area contributed by atoms with Gasteiger partial charge in [-0.05, 0) is 37.3 Å². The number of nitrogens with one attached hydrogen (secondary N) is 1. The molecule has 138 valence electrons. The van der Waals surface area contributed by atoms with Crippen molar-refractivity contribution in [3.05, 3.63) is 53.5 Å². The molecule has 2 aromatic heterocycles. The van der Waals surface area contributed by atoms with E-state index in [4.69, 9.17) is 14.5 Å². The summed E-state index contributed by atoms with van der Waals surface area (Å²) in [4.78, 5) is 12.7. The Labute approximate surface area is 165 Å². The molecule has 0 radical (unpaired) electrons. The van der Waals surface area contributed by atoms with E-state index in [0.29, 0.717) is 6.61 Å². The first-order chi connectivity index (χ1) is 13.3. The predicted molar refractivity (Wildman–Crippen MR) is 111 cm³/mol. The van der Waals surface area contributed by atoms with E-state index < -0.39 is 0 Å². The minimum atomic E-state index is 0.607. The number of fused-ring (bicyclic) bond motifs is 1. The average molecular weight is 398 g/mol. The highest BCUT2D eigenvalue weighted by Gasteiger charge is 2.11. The Morgan fingerprint density at radius 2 is 2.00 bits per heavy atom. The van der Waals surface area contributed by atoms with Gasteiger partial charge in [-0.2, -0.15) is 0 Å². The molecule has 0 atom stereocenters. The highest BCUT2D eigenvalue weighted by molar-refractivity contribution is 7.98. The van der Waals surface area contributed by atoms with Crippen molar-refractivity contribution >= 4 is 34.1 Å². The molecular weight excluding hydrogens is 378 g/mol. The van der Waals surface area contributed by atoms with Crippen molar-refractivity contribution in [3.63, 3.8) is 0 Å². The van der Waals surface area contributed by atoms with Crippen LogP contribution in [0.4, 0.5) is 0 Å². The Morgan fingerprint density at radius 1 is 1.11 bits per heavy atom. The summed E-state index contributed by atoms with van der Waals surface area (Å²) >= 11 is 3.29. The molecule has 0 spiro atoms. The van der Waals surface area contributed by atoms with Gasteiger partial charge in [0, 0.05) is 16.7 Å². The Hall–Kier alpha value is -2.51. The van der Waals surface area contributed by atoms with Gasteiger partial charge in [-0.25, -0.2) is 9.97 Å². The van der Waals surface area contributed by atoms with Gasteiger partial charge in [0.2, 0.25) is 0 Å². The molecule has 0 saturated heterocycles. The lowest BCUT2D eigenvalue weighted by molar-refractivity contribution is 0.311. The van der Waals surface area contributed by atoms with Crippen molar-refractivity contribution in [2.75, 3.05) is 13.7 Å². The van der Waals surface area contributed by atoms with Gasteiger partial charge in [0.25, 0.3) is 0 Å². The predicted octanol–water partition coefficient (Wildman–Crippen LogP) is 5.39. The highest BCUT2D eigenvalue weighted by atomic mass is 32.2. The quantitative estimate of drug-likeness (QED) is 0.424. The van der Waals surface area contributed by atoms with Crippen LogP contribution in [0.15, 0.2) is 53.0 Å². The number of nitrogens with zero attached hydrogens (tertiary/aromatic N) is 2. The van der Waals surface area contributed by atoms with Crippen molar-refractivity contribution < 1.29 is 9.47 Å². The summed E-state index contributed by atoms with van der Waals surface area (Å²) in [6, 6.07) is 14.0. The summed E-state index contributed by atoms with van der Waals surface area (Å²) in [5, 5.41) is 3.97. The monoisotopic (exact) mass is 397 g/mol. The fourth-order valence-corrected chi connectivity index (χ4v) is 4.42. The number of hydrogen-bond donors (Lipinski definition) is 1.